The van der Waals surface area contributed by atoms with Crippen LogP contribution in [0.4, 0.5) is 5.95 Å². The Bertz CT molecular complexity index is 807. The van der Waals surface area contributed by atoms with Crippen LogP contribution in [0.3, 0.4) is 0 Å². The molecule has 1 N–H and O–H groups in total. The summed E-state index contributed by atoms with van der Waals surface area (Å²) in [6.07, 6.45) is 4.39. The monoisotopic (exact) mass is 384 g/mol. The summed E-state index contributed by atoms with van der Waals surface area (Å²) >= 11 is 0. The Morgan fingerprint density at radius 1 is 1.14 bits per heavy atom. The number of rotatable bonds is 7. The maximum Gasteiger partial charge on any atom is 0.270 e. The highest BCUT2D eigenvalue weighted by Crippen LogP contribution is 2.20. The molecule has 0 radical (unpaired) electrons. The summed E-state index contributed by atoms with van der Waals surface area (Å²) in [5.74, 6) is 0.818. The number of amides is 1. The van der Waals surface area contributed by atoms with Gasteiger partial charge in [0.25, 0.3) is 5.91 Å². The van der Waals surface area contributed by atoms with Crippen LogP contribution in [-0.4, -0.2) is 45.3 Å². The molecular weight excluding hydrogens is 352 g/mol. The Labute approximate surface area is 167 Å². The fourth-order valence-electron chi connectivity index (χ4n) is 3.52. The molecule has 0 aromatic carbocycles. The first kappa shape index (κ1) is 20.3. The summed E-state index contributed by atoms with van der Waals surface area (Å²) in [5, 5.41) is 7.46. The fourth-order valence-corrected chi connectivity index (χ4v) is 3.52. The zero-order valence-corrected chi connectivity index (χ0v) is 17.5. The van der Waals surface area contributed by atoms with Crippen LogP contribution in [0.25, 0.3) is 0 Å². The average Bonchev–Trinajstić information content (AvgIpc) is 3.02. The van der Waals surface area contributed by atoms with Gasteiger partial charge in [-0.2, -0.15) is 5.10 Å². The Hall–Kier alpha value is -2.44. The summed E-state index contributed by atoms with van der Waals surface area (Å²) in [4.78, 5) is 24.2. The minimum atomic E-state index is -0.129. The summed E-state index contributed by atoms with van der Waals surface area (Å²) in [5.41, 5.74) is 3.55. The molecule has 0 spiro atoms. The van der Waals surface area contributed by atoms with E-state index in [1.807, 2.05) is 17.7 Å². The van der Waals surface area contributed by atoms with Crippen LogP contribution < -0.4 is 10.2 Å². The molecule has 3 rings (SSSR count). The second-order valence-corrected chi connectivity index (χ2v) is 7.94. The Morgan fingerprint density at radius 3 is 2.54 bits per heavy atom. The molecule has 1 fully saturated rings. The molecule has 0 saturated carbocycles. The van der Waals surface area contributed by atoms with Crippen molar-refractivity contribution in [3.8, 4) is 0 Å². The first-order valence-corrected chi connectivity index (χ1v) is 10.4. The number of nitrogens with one attached hydrogen (secondary N) is 1. The molecule has 1 aliphatic rings. The molecule has 0 bridgehead atoms. The SMILES string of the molecule is Cc1cc(C)n(CCCNC(=O)c2cc(C(C)C)nc(N3CCCCC3)n2)n1. The molecule has 0 unspecified atom stereocenters. The third kappa shape index (κ3) is 5.09. The number of carbonyl (C=O) groups is 1. The molecule has 7 heteroatoms. The van der Waals surface area contributed by atoms with Crippen molar-refractivity contribution in [2.24, 2.45) is 0 Å². The van der Waals surface area contributed by atoms with Crippen molar-refractivity contribution in [2.75, 3.05) is 24.5 Å². The smallest absolute Gasteiger partial charge is 0.270 e. The first-order valence-electron chi connectivity index (χ1n) is 10.4. The van der Waals surface area contributed by atoms with Crippen LogP contribution in [0.15, 0.2) is 12.1 Å². The largest absolute Gasteiger partial charge is 0.351 e. The molecule has 1 aliphatic heterocycles. The van der Waals surface area contributed by atoms with Crippen molar-refractivity contribution in [3.63, 3.8) is 0 Å². The molecular formula is C21H32N6O. The normalized spacial score (nSPS) is 14.5. The highest BCUT2D eigenvalue weighted by atomic mass is 16.1. The highest BCUT2D eigenvalue weighted by molar-refractivity contribution is 5.92. The van der Waals surface area contributed by atoms with Gasteiger partial charge in [0, 0.05) is 37.6 Å². The lowest BCUT2D eigenvalue weighted by Gasteiger charge is -2.27. The molecule has 2 aromatic heterocycles. The standard InChI is InChI=1S/C21H32N6O/c1-15(2)18-14-19(24-21(23-18)26-10-6-5-7-11-26)20(28)22-9-8-12-27-17(4)13-16(3)25-27/h13-15H,5-12H2,1-4H3,(H,22,28). The van der Waals surface area contributed by atoms with Crippen LogP contribution in [0.5, 0.6) is 0 Å². The van der Waals surface area contributed by atoms with E-state index in [4.69, 9.17) is 4.98 Å². The Balaban J connectivity index is 1.63. The number of anilines is 1. The first-order chi connectivity index (χ1) is 13.4. The van der Waals surface area contributed by atoms with Gasteiger partial charge in [0.1, 0.15) is 5.69 Å². The van der Waals surface area contributed by atoms with E-state index < -0.39 is 0 Å². The third-order valence-electron chi connectivity index (χ3n) is 5.13. The molecule has 3 heterocycles. The summed E-state index contributed by atoms with van der Waals surface area (Å²) in [7, 11) is 0. The predicted octanol–water partition coefficient (Wildman–Crippen LogP) is 3.22. The second-order valence-electron chi connectivity index (χ2n) is 7.94. The van der Waals surface area contributed by atoms with Gasteiger partial charge in [-0.1, -0.05) is 13.8 Å². The average molecular weight is 385 g/mol. The fraction of sp³-hybridized carbons (Fsp3) is 0.619. The van der Waals surface area contributed by atoms with Gasteiger partial charge in [-0.25, -0.2) is 9.97 Å². The Morgan fingerprint density at radius 2 is 1.89 bits per heavy atom. The van der Waals surface area contributed by atoms with Gasteiger partial charge in [0.05, 0.1) is 5.69 Å². The van der Waals surface area contributed by atoms with Crippen molar-refractivity contribution in [1.82, 2.24) is 25.1 Å². The van der Waals surface area contributed by atoms with Gasteiger partial charge in [0.15, 0.2) is 0 Å². The number of hydrogen-bond donors (Lipinski definition) is 1. The van der Waals surface area contributed by atoms with Gasteiger partial charge in [-0.15, -0.1) is 0 Å². The van der Waals surface area contributed by atoms with Crippen molar-refractivity contribution >= 4 is 11.9 Å². The van der Waals surface area contributed by atoms with Crippen LogP contribution in [0, 0.1) is 13.8 Å². The van der Waals surface area contributed by atoms with Gasteiger partial charge >= 0.3 is 0 Å². The van der Waals surface area contributed by atoms with E-state index in [2.05, 4.69) is 47.1 Å². The van der Waals surface area contributed by atoms with Crippen molar-refractivity contribution < 1.29 is 4.79 Å². The molecule has 1 amide bonds. The molecule has 2 aromatic rings. The molecule has 152 valence electrons. The van der Waals surface area contributed by atoms with Crippen LogP contribution in [0.2, 0.25) is 0 Å². The lowest BCUT2D eigenvalue weighted by molar-refractivity contribution is 0.0947. The number of aromatic nitrogens is 4. The van der Waals surface area contributed by atoms with E-state index in [0.29, 0.717) is 18.2 Å². The quantitative estimate of drug-likeness (QED) is 0.742. The lowest BCUT2D eigenvalue weighted by Crippen LogP contribution is -2.33. The number of hydrogen-bond acceptors (Lipinski definition) is 5. The van der Waals surface area contributed by atoms with E-state index >= 15 is 0 Å². The maximum atomic E-state index is 12.7. The minimum absolute atomic E-state index is 0.129. The molecule has 28 heavy (non-hydrogen) atoms. The maximum absolute atomic E-state index is 12.7. The predicted molar refractivity (Wildman–Crippen MR) is 111 cm³/mol. The van der Waals surface area contributed by atoms with Gasteiger partial charge < -0.3 is 10.2 Å². The summed E-state index contributed by atoms with van der Waals surface area (Å²) in [6, 6.07) is 3.89. The number of piperidine rings is 1. The topological polar surface area (TPSA) is 75.9 Å². The van der Waals surface area contributed by atoms with Crippen LogP contribution in [0.1, 0.15) is 73.0 Å². The minimum Gasteiger partial charge on any atom is -0.351 e. The van der Waals surface area contributed by atoms with Crippen molar-refractivity contribution in [2.45, 2.75) is 65.8 Å². The van der Waals surface area contributed by atoms with E-state index in [1.54, 1.807) is 0 Å². The number of aryl methyl sites for hydroxylation is 3. The molecule has 0 atom stereocenters. The zero-order chi connectivity index (χ0) is 20.1. The zero-order valence-electron chi connectivity index (χ0n) is 17.5. The summed E-state index contributed by atoms with van der Waals surface area (Å²) < 4.78 is 1.98. The van der Waals surface area contributed by atoms with Crippen molar-refractivity contribution in [3.05, 3.63) is 34.9 Å². The third-order valence-corrected chi connectivity index (χ3v) is 5.13. The molecule has 0 aliphatic carbocycles. The van der Waals surface area contributed by atoms with Crippen molar-refractivity contribution in [1.29, 1.82) is 0 Å². The van der Waals surface area contributed by atoms with Gasteiger partial charge in [-0.3, -0.25) is 9.48 Å². The van der Waals surface area contributed by atoms with Crippen LogP contribution in [-0.2, 0) is 6.54 Å². The van der Waals surface area contributed by atoms with E-state index in [1.165, 1.54) is 6.42 Å². The second kappa shape index (κ2) is 9.17. The van der Waals surface area contributed by atoms with E-state index in [0.717, 1.165) is 56.0 Å². The van der Waals surface area contributed by atoms with Gasteiger partial charge in [-0.05, 0) is 57.6 Å². The highest BCUT2D eigenvalue weighted by Gasteiger charge is 2.19. The lowest BCUT2D eigenvalue weighted by atomic mass is 10.1. The number of nitrogens with zero attached hydrogens (tertiary/aromatic N) is 5. The van der Waals surface area contributed by atoms with Gasteiger partial charge in [0.2, 0.25) is 5.95 Å². The molecule has 1 saturated heterocycles. The summed E-state index contributed by atoms with van der Waals surface area (Å²) in [6.45, 7) is 11.5. The number of carbonyl (C=O) groups excluding carboxylic acids is 1. The van der Waals surface area contributed by atoms with E-state index in [9.17, 15) is 4.79 Å². The molecule has 7 nitrogen and oxygen atoms in total. The van der Waals surface area contributed by atoms with E-state index in [-0.39, 0.29) is 11.8 Å². The Kier molecular flexibility index (Phi) is 6.65. The van der Waals surface area contributed by atoms with Crippen LogP contribution >= 0.6 is 0 Å².